The third-order valence-corrected chi connectivity index (χ3v) is 5.74. The van der Waals surface area contributed by atoms with Crippen LogP contribution >= 0.6 is 41.7 Å². The lowest BCUT2D eigenvalue weighted by atomic mass is 10.1. The van der Waals surface area contributed by atoms with Gasteiger partial charge in [-0.1, -0.05) is 44.4 Å². The van der Waals surface area contributed by atoms with Gasteiger partial charge >= 0.3 is 0 Å². The molecule has 7 heteroatoms. The van der Waals surface area contributed by atoms with Gasteiger partial charge in [0, 0.05) is 39.3 Å². The molecule has 2 aromatic rings. The molecule has 0 atom stereocenters. The van der Waals surface area contributed by atoms with Crippen molar-refractivity contribution < 1.29 is 18.9 Å². The molecule has 0 unspecified atom stereocenters. The Bertz CT molecular complexity index is 971. The molecule has 0 bridgehead atoms. The van der Waals surface area contributed by atoms with E-state index >= 15 is 0 Å². The molecule has 0 spiro atoms. The van der Waals surface area contributed by atoms with Crippen LogP contribution in [0.3, 0.4) is 0 Å². The first-order chi connectivity index (χ1) is 16.6. The molecule has 4 nitrogen and oxygen atoms in total. The molecule has 2 rings (SSSR count). The van der Waals surface area contributed by atoms with Crippen LogP contribution in [-0.4, -0.2) is 19.8 Å². The van der Waals surface area contributed by atoms with Crippen LogP contribution in [0.4, 0.5) is 0 Å². The van der Waals surface area contributed by atoms with E-state index in [9.17, 15) is 0 Å². The summed E-state index contributed by atoms with van der Waals surface area (Å²) in [6.07, 6.45) is 5.71. The van der Waals surface area contributed by atoms with E-state index in [2.05, 4.69) is 59.7 Å². The number of rotatable bonds is 14. The van der Waals surface area contributed by atoms with Gasteiger partial charge in [-0.05, 0) is 63.6 Å². The molecular weight excluding hydrogens is 583 g/mol. The van der Waals surface area contributed by atoms with Gasteiger partial charge in [-0.25, -0.2) is 0 Å². The SMILES string of the molecule is C=CCc1cc(Oc2c(OCCC)cc(CC#CSI)cc2OCCC)c(Cl)cc1OCCC. The van der Waals surface area contributed by atoms with Gasteiger partial charge in [0.2, 0.25) is 5.75 Å². The highest BCUT2D eigenvalue weighted by atomic mass is 127. The van der Waals surface area contributed by atoms with Crippen LogP contribution in [0.5, 0.6) is 28.7 Å². The second kappa shape index (κ2) is 16.1. The van der Waals surface area contributed by atoms with E-state index in [1.54, 1.807) is 6.07 Å². The van der Waals surface area contributed by atoms with Crippen LogP contribution in [0.15, 0.2) is 36.9 Å². The van der Waals surface area contributed by atoms with Crippen LogP contribution in [0.25, 0.3) is 0 Å². The predicted molar refractivity (Wildman–Crippen MR) is 152 cm³/mol. The van der Waals surface area contributed by atoms with Crippen LogP contribution in [-0.2, 0) is 12.8 Å². The normalized spacial score (nSPS) is 10.3. The van der Waals surface area contributed by atoms with Gasteiger partial charge in [-0.2, -0.15) is 0 Å². The van der Waals surface area contributed by atoms with E-state index in [0.29, 0.717) is 60.7 Å². The molecule has 34 heavy (non-hydrogen) atoms. The molecular formula is C27H32ClIO4S. The maximum atomic E-state index is 6.63. The fourth-order valence-electron chi connectivity index (χ4n) is 3.06. The number of benzene rings is 2. The Kier molecular flexibility index (Phi) is 13.5. The average molecular weight is 615 g/mol. The molecule has 0 aromatic heterocycles. The first-order valence-corrected chi connectivity index (χ1v) is 15.2. The fourth-order valence-corrected chi connectivity index (χ4v) is 3.85. The molecule has 0 N–H and O–H groups in total. The zero-order valence-electron chi connectivity index (χ0n) is 20.0. The monoisotopic (exact) mass is 614 g/mol. The maximum absolute atomic E-state index is 6.63. The topological polar surface area (TPSA) is 36.9 Å². The molecule has 0 heterocycles. The third kappa shape index (κ3) is 8.83. The summed E-state index contributed by atoms with van der Waals surface area (Å²) in [6.45, 7) is 11.8. The fraction of sp³-hybridized carbons (Fsp3) is 0.407. The summed E-state index contributed by atoms with van der Waals surface area (Å²) in [5.74, 6) is 6.14. The van der Waals surface area contributed by atoms with Crippen molar-refractivity contribution in [3.63, 3.8) is 0 Å². The highest BCUT2D eigenvalue weighted by Gasteiger charge is 2.19. The summed E-state index contributed by atoms with van der Waals surface area (Å²) < 4.78 is 24.4. The van der Waals surface area contributed by atoms with Crippen molar-refractivity contribution in [1.29, 1.82) is 0 Å². The number of allylic oxidation sites excluding steroid dienone is 1. The second-order valence-corrected chi connectivity index (χ2v) is 9.57. The molecule has 0 aliphatic heterocycles. The molecule has 0 fully saturated rings. The number of hydrogen-bond acceptors (Lipinski definition) is 5. The standard InChI is InChI=1S/C27H32ClIO4S/c1-5-10-21-18-24(22(28)19-23(21)30-12-6-2)33-27-25(31-13-7-3)16-20(11-9-15-34-29)17-26(27)32-14-8-4/h5,16-19H,1,6-8,10-14H2,2-4H3. The van der Waals surface area contributed by atoms with Crippen molar-refractivity contribution in [2.75, 3.05) is 19.8 Å². The Morgan fingerprint density at radius 3 is 2.03 bits per heavy atom. The summed E-state index contributed by atoms with van der Waals surface area (Å²) in [5.41, 5.74) is 1.96. The molecule has 2 aromatic carbocycles. The van der Waals surface area contributed by atoms with Crippen molar-refractivity contribution in [2.45, 2.75) is 52.9 Å². The minimum Gasteiger partial charge on any atom is -0.493 e. The number of ether oxygens (including phenoxy) is 4. The Morgan fingerprint density at radius 2 is 1.50 bits per heavy atom. The van der Waals surface area contributed by atoms with Gasteiger partial charge in [0.1, 0.15) is 11.5 Å². The van der Waals surface area contributed by atoms with Crippen molar-refractivity contribution in [2.24, 2.45) is 0 Å². The summed E-state index contributed by atoms with van der Waals surface area (Å²) >= 11 is 8.79. The van der Waals surface area contributed by atoms with Crippen LogP contribution in [0.2, 0.25) is 5.02 Å². The van der Waals surface area contributed by atoms with E-state index in [1.807, 2.05) is 24.3 Å². The Balaban J connectivity index is 2.54. The van der Waals surface area contributed by atoms with Crippen LogP contribution in [0, 0.1) is 11.2 Å². The quantitative estimate of drug-likeness (QED) is 0.121. The van der Waals surface area contributed by atoms with Gasteiger partial charge in [-0.15, -0.1) is 6.58 Å². The van der Waals surface area contributed by atoms with Gasteiger partial charge in [0.25, 0.3) is 0 Å². The summed E-state index contributed by atoms with van der Waals surface area (Å²) in [6, 6.07) is 7.64. The lowest BCUT2D eigenvalue weighted by molar-refractivity contribution is 0.276. The highest BCUT2D eigenvalue weighted by Crippen LogP contribution is 2.45. The Labute approximate surface area is 225 Å². The smallest absolute Gasteiger partial charge is 0.211 e. The largest absolute Gasteiger partial charge is 0.493 e. The summed E-state index contributed by atoms with van der Waals surface area (Å²) in [7, 11) is 1.46. The van der Waals surface area contributed by atoms with Gasteiger partial charge in [0.15, 0.2) is 11.5 Å². The van der Waals surface area contributed by atoms with E-state index in [4.69, 9.17) is 30.5 Å². The average Bonchev–Trinajstić information content (AvgIpc) is 2.83. The Morgan fingerprint density at radius 1 is 0.912 bits per heavy atom. The lowest BCUT2D eigenvalue weighted by Gasteiger charge is -2.19. The van der Waals surface area contributed by atoms with Crippen LogP contribution in [0.1, 0.15) is 51.2 Å². The zero-order valence-corrected chi connectivity index (χ0v) is 23.8. The molecule has 0 saturated heterocycles. The van der Waals surface area contributed by atoms with E-state index in [1.165, 1.54) is 8.93 Å². The third-order valence-electron chi connectivity index (χ3n) is 4.56. The van der Waals surface area contributed by atoms with Crippen molar-refractivity contribution >= 4 is 41.7 Å². The molecule has 0 radical (unpaired) electrons. The van der Waals surface area contributed by atoms with Gasteiger partial charge in [0.05, 0.1) is 24.8 Å². The predicted octanol–water partition coefficient (Wildman–Crippen LogP) is 8.81. The minimum absolute atomic E-state index is 0.454. The van der Waals surface area contributed by atoms with E-state index in [-0.39, 0.29) is 0 Å². The van der Waals surface area contributed by atoms with E-state index in [0.717, 1.165) is 36.1 Å². The Hall–Kier alpha value is -1.69. The molecule has 0 aliphatic rings. The van der Waals surface area contributed by atoms with Crippen molar-refractivity contribution in [3.8, 4) is 39.9 Å². The van der Waals surface area contributed by atoms with Crippen molar-refractivity contribution in [1.82, 2.24) is 0 Å². The number of halogens is 2. The lowest BCUT2D eigenvalue weighted by Crippen LogP contribution is -2.04. The highest BCUT2D eigenvalue weighted by molar-refractivity contribution is 14.2. The summed E-state index contributed by atoms with van der Waals surface area (Å²) in [4.78, 5) is 0. The first-order valence-electron chi connectivity index (χ1n) is 11.5. The maximum Gasteiger partial charge on any atom is 0.211 e. The minimum atomic E-state index is 0.454. The van der Waals surface area contributed by atoms with Gasteiger partial charge in [-0.3, -0.25) is 0 Å². The summed E-state index contributed by atoms with van der Waals surface area (Å²) in [5, 5.41) is 3.48. The van der Waals surface area contributed by atoms with E-state index < -0.39 is 0 Å². The molecule has 184 valence electrons. The molecule has 0 amide bonds. The van der Waals surface area contributed by atoms with Gasteiger partial charge < -0.3 is 18.9 Å². The van der Waals surface area contributed by atoms with Crippen molar-refractivity contribution in [3.05, 3.63) is 53.1 Å². The molecule has 0 aliphatic carbocycles. The number of hydrogen-bond donors (Lipinski definition) is 0. The van der Waals surface area contributed by atoms with Crippen LogP contribution < -0.4 is 18.9 Å². The molecule has 0 saturated carbocycles. The zero-order chi connectivity index (χ0) is 24.8. The first kappa shape index (κ1) is 28.5. The second-order valence-electron chi connectivity index (χ2n) is 7.48.